The molecule has 2 amide bonds. The number of likely N-dealkylation sites (N-methyl/N-ethyl adjacent to an activating group) is 1. The van der Waals surface area contributed by atoms with Gasteiger partial charge in [-0.15, -0.1) is 0 Å². The van der Waals surface area contributed by atoms with Gasteiger partial charge in [-0.25, -0.2) is 0 Å². The Bertz CT molecular complexity index is 660. The van der Waals surface area contributed by atoms with E-state index in [2.05, 4.69) is 0 Å². The van der Waals surface area contributed by atoms with Crippen molar-refractivity contribution in [3.05, 3.63) is 23.2 Å². The molecule has 130 valence electrons. The minimum absolute atomic E-state index is 0.187. The topological polar surface area (TPSA) is 87.2 Å². The first-order valence-electron chi connectivity index (χ1n) is 7.64. The lowest BCUT2D eigenvalue weighted by Crippen LogP contribution is -2.51. The minimum atomic E-state index is -1.17. The molecule has 0 saturated carbocycles. The standard InChI is InChI=1S/C16H19ClN2O5/c1-3-18(4-2)14(20)9-19-11-7-10(17)5-6-12(11)24-13(16(19)23)8-15(21)22/h5-7,13H,3-4,8-9H2,1-2H3,(H,21,22). The summed E-state index contributed by atoms with van der Waals surface area (Å²) < 4.78 is 5.48. The zero-order valence-electron chi connectivity index (χ0n) is 13.5. The average Bonchev–Trinajstić information content (AvgIpc) is 2.52. The molecule has 0 radical (unpaired) electrons. The van der Waals surface area contributed by atoms with Crippen LogP contribution in [0.25, 0.3) is 0 Å². The molecule has 0 aromatic heterocycles. The monoisotopic (exact) mass is 354 g/mol. The summed E-state index contributed by atoms with van der Waals surface area (Å²) in [5.74, 6) is -1.61. The van der Waals surface area contributed by atoms with Crippen LogP contribution in [0, 0.1) is 0 Å². The van der Waals surface area contributed by atoms with E-state index in [1.165, 1.54) is 11.0 Å². The molecule has 0 fully saturated rings. The van der Waals surface area contributed by atoms with Crippen molar-refractivity contribution in [2.45, 2.75) is 26.4 Å². The molecule has 1 aliphatic heterocycles. The summed E-state index contributed by atoms with van der Waals surface area (Å²) in [4.78, 5) is 38.8. The Balaban J connectivity index is 2.35. The maximum atomic E-state index is 12.6. The summed E-state index contributed by atoms with van der Waals surface area (Å²) in [6, 6.07) is 4.67. The molecule has 0 aliphatic carbocycles. The van der Waals surface area contributed by atoms with Crippen LogP contribution in [-0.4, -0.2) is 53.5 Å². The number of benzene rings is 1. The molecule has 1 N–H and O–H groups in total. The maximum absolute atomic E-state index is 12.6. The molecule has 1 aliphatic rings. The highest BCUT2D eigenvalue weighted by Gasteiger charge is 2.37. The lowest BCUT2D eigenvalue weighted by Gasteiger charge is -2.34. The van der Waals surface area contributed by atoms with E-state index < -0.39 is 24.4 Å². The quantitative estimate of drug-likeness (QED) is 0.841. The van der Waals surface area contributed by atoms with Gasteiger partial charge in [-0.05, 0) is 32.0 Å². The van der Waals surface area contributed by atoms with E-state index in [0.29, 0.717) is 29.5 Å². The first kappa shape index (κ1) is 18.1. The van der Waals surface area contributed by atoms with Crippen molar-refractivity contribution in [2.75, 3.05) is 24.5 Å². The second kappa shape index (κ2) is 7.53. The number of rotatable bonds is 6. The Morgan fingerprint density at radius 3 is 2.58 bits per heavy atom. The van der Waals surface area contributed by atoms with Gasteiger partial charge in [0.25, 0.3) is 5.91 Å². The second-order valence-corrected chi connectivity index (χ2v) is 5.74. The van der Waals surface area contributed by atoms with Gasteiger partial charge in [-0.2, -0.15) is 0 Å². The van der Waals surface area contributed by atoms with Crippen LogP contribution in [0.5, 0.6) is 5.75 Å². The van der Waals surface area contributed by atoms with Gasteiger partial charge in [-0.1, -0.05) is 11.6 Å². The molecule has 2 rings (SSSR count). The predicted octanol–water partition coefficient (Wildman–Crippen LogP) is 1.78. The van der Waals surface area contributed by atoms with Gasteiger partial charge in [0.1, 0.15) is 12.3 Å². The first-order chi connectivity index (χ1) is 11.4. The Hall–Kier alpha value is -2.28. The zero-order chi connectivity index (χ0) is 17.9. The Morgan fingerprint density at radius 2 is 2.00 bits per heavy atom. The highest BCUT2D eigenvalue weighted by atomic mass is 35.5. The summed E-state index contributed by atoms with van der Waals surface area (Å²) in [5.41, 5.74) is 0.370. The molecular formula is C16H19ClN2O5. The number of carbonyl (C=O) groups excluding carboxylic acids is 2. The third kappa shape index (κ3) is 3.79. The van der Waals surface area contributed by atoms with Crippen LogP contribution in [-0.2, 0) is 14.4 Å². The largest absolute Gasteiger partial charge is 0.481 e. The molecule has 1 aromatic carbocycles. The van der Waals surface area contributed by atoms with E-state index >= 15 is 0 Å². The number of aliphatic carboxylic acids is 1. The van der Waals surface area contributed by atoms with Crippen LogP contribution in [0.2, 0.25) is 5.02 Å². The van der Waals surface area contributed by atoms with Gasteiger partial charge in [0, 0.05) is 18.1 Å². The van der Waals surface area contributed by atoms with E-state index in [1.54, 1.807) is 17.0 Å². The van der Waals surface area contributed by atoms with Gasteiger partial charge in [-0.3, -0.25) is 19.3 Å². The third-order valence-corrected chi connectivity index (χ3v) is 4.03. The van der Waals surface area contributed by atoms with Crippen LogP contribution >= 0.6 is 11.6 Å². The average molecular weight is 355 g/mol. The highest BCUT2D eigenvalue weighted by molar-refractivity contribution is 6.31. The fourth-order valence-corrected chi connectivity index (χ4v) is 2.73. The number of carboxylic acid groups (broad SMARTS) is 1. The summed E-state index contributed by atoms with van der Waals surface area (Å²) in [6.45, 7) is 4.55. The van der Waals surface area contributed by atoms with E-state index in [-0.39, 0.29) is 12.5 Å². The molecular weight excluding hydrogens is 336 g/mol. The van der Waals surface area contributed by atoms with Crippen molar-refractivity contribution >= 4 is 35.1 Å². The number of halogens is 1. The molecule has 1 heterocycles. The van der Waals surface area contributed by atoms with Crippen molar-refractivity contribution in [1.29, 1.82) is 0 Å². The normalized spacial score (nSPS) is 16.4. The molecule has 7 nitrogen and oxygen atoms in total. The van der Waals surface area contributed by atoms with Crippen molar-refractivity contribution < 1.29 is 24.2 Å². The van der Waals surface area contributed by atoms with Crippen molar-refractivity contribution in [3.63, 3.8) is 0 Å². The highest BCUT2D eigenvalue weighted by Crippen LogP contribution is 2.36. The number of amides is 2. The fraction of sp³-hybridized carbons (Fsp3) is 0.438. The van der Waals surface area contributed by atoms with Gasteiger partial charge in [0.05, 0.1) is 12.1 Å². The van der Waals surface area contributed by atoms with Crippen LogP contribution in [0.3, 0.4) is 0 Å². The Kier molecular flexibility index (Phi) is 5.66. The molecule has 1 unspecified atom stereocenters. The third-order valence-electron chi connectivity index (χ3n) is 3.79. The summed E-state index contributed by atoms with van der Waals surface area (Å²) in [7, 11) is 0. The lowest BCUT2D eigenvalue weighted by molar-refractivity contribution is -0.142. The Labute approximate surface area is 144 Å². The molecule has 8 heteroatoms. The molecule has 0 spiro atoms. The molecule has 1 atom stereocenters. The number of carbonyl (C=O) groups is 3. The van der Waals surface area contributed by atoms with E-state index in [4.69, 9.17) is 21.4 Å². The SMILES string of the molecule is CCN(CC)C(=O)CN1C(=O)C(CC(=O)O)Oc2ccc(Cl)cc21. The molecule has 1 aromatic rings. The molecule has 24 heavy (non-hydrogen) atoms. The number of hydrogen-bond donors (Lipinski definition) is 1. The van der Waals surface area contributed by atoms with Crippen LogP contribution in [0.1, 0.15) is 20.3 Å². The van der Waals surface area contributed by atoms with E-state index in [0.717, 1.165) is 0 Å². The van der Waals surface area contributed by atoms with Crippen molar-refractivity contribution in [1.82, 2.24) is 4.90 Å². The number of ether oxygens (including phenoxy) is 1. The first-order valence-corrected chi connectivity index (χ1v) is 8.02. The van der Waals surface area contributed by atoms with Gasteiger partial charge in [0.15, 0.2) is 6.10 Å². The summed E-state index contributed by atoms with van der Waals surface area (Å²) in [6.07, 6.45) is -1.64. The lowest BCUT2D eigenvalue weighted by atomic mass is 10.1. The maximum Gasteiger partial charge on any atom is 0.307 e. The number of carboxylic acids is 1. The van der Waals surface area contributed by atoms with Crippen molar-refractivity contribution in [2.24, 2.45) is 0 Å². The van der Waals surface area contributed by atoms with Crippen molar-refractivity contribution in [3.8, 4) is 5.75 Å². The summed E-state index contributed by atoms with van der Waals surface area (Å²) >= 11 is 5.98. The number of hydrogen-bond acceptors (Lipinski definition) is 4. The minimum Gasteiger partial charge on any atom is -0.481 e. The smallest absolute Gasteiger partial charge is 0.307 e. The Morgan fingerprint density at radius 1 is 1.33 bits per heavy atom. The van der Waals surface area contributed by atoms with Gasteiger partial charge in [0.2, 0.25) is 5.91 Å². The van der Waals surface area contributed by atoms with E-state index in [9.17, 15) is 14.4 Å². The fourth-order valence-electron chi connectivity index (χ4n) is 2.56. The number of anilines is 1. The predicted molar refractivity (Wildman–Crippen MR) is 88.4 cm³/mol. The second-order valence-electron chi connectivity index (χ2n) is 5.31. The van der Waals surface area contributed by atoms with Crippen LogP contribution < -0.4 is 9.64 Å². The van der Waals surface area contributed by atoms with Gasteiger partial charge < -0.3 is 14.7 Å². The van der Waals surface area contributed by atoms with Crippen LogP contribution in [0.4, 0.5) is 5.69 Å². The zero-order valence-corrected chi connectivity index (χ0v) is 14.2. The molecule has 0 bridgehead atoms. The summed E-state index contributed by atoms with van der Waals surface area (Å²) in [5, 5.41) is 9.35. The number of fused-ring (bicyclic) bond motifs is 1. The number of nitrogens with zero attached hydrogens (tertiary/aromatic N) is 2. The van der Waals surface area contributed by atoms with E-state index in [1.807, 2.05) is 13.8 Å². The van der Waals surface area contributed by atoms with Crippen LogP contribution in [0.15, 0.2) is 18.2 Å². The van der Waals surface area contributed by atoms with Gasteiger partial charge >= 0.3 is 5.97 Å². The molecule has 0 saturated heterocycles.